The Labute approximate surface area is 201 Å². The molecule has 0 bridgehead atoms. The molecule has 2 heterocycles. The highest BCUT2D eigenvalue weighted by Gasteiger charge is 2.27. The predicted molar refractivity (Wildman–Crippen MR) is 125 cm³/mol. The zero-order valence-electron chi connectivity index (χ0n) is 19.2. The van der Waals surface area contributed by atoms with Gasteiger partial charge in [0.1, 0.15) is 23.1 Å². The topological polar surface area (TPSA) is 112 Å². The van der Waals surface area contributed by atoms with Crippen molar-refractivity contribution in [2.75, 3.05) is 5.32 Å². The van der Waals surface area contributed by atoms with Crippen molar-refractivity contribution in [3.63, 3.8) is 0 Å². The molecule has 0 radical (unpaired) electrons. The van der Waals surface area contributed by atoms with Crippen molar-refractivity contribution in [1.82, 2.24) is 5.16 Å². The van der Waals surface area contributed by atoms with Gasteiger partial charge in [-0.1, -0.05) is 41.4 Å². The molecule has 1 fully saturated rings. The number of benzene rings is 2. The molecule has 1 unspecified atom stereocenters. The summed E-state index contributed by atoms with van der Waals surface area (Å²) in [5.41, 5.74) is 4.72. The highest BCUT2D eigenvalue weighted by atomic mass is 16.6. The Kier molecular flexibility index (Phi) is 7.10. The van der Waals surface area contributed by atoms with Crippen molar-refractivity contribution in [3.8, 4) is 11.8 Å². The van der Waals surface area contributed by atoms with E-state index in [1.807, 2.05) is 61.7 Å². The smallest absolute Gasteiger partial charge is 0.412 e. The molecule has 176 valence electrons. The molecule has 0 spiro atoms. The molecule has 5 rings (SSSR count). The van der Waals surface area contributed by atoms with E-state index in [1.54, 1.807) is 6.92 Å². The van der Waals surface area contributed by atoms with Crippen LogP contribution in [0.2, 0.25) is 0 Å². The van der Waals surface area contributed by atoms with E-state index in [0.717, 1.165) is 22.1 Å². The van der Waals surface area contributed by atoms with Crippen molar-refractivity contribution >= 4 is 28.9 Å². The number of carbonyl (C=O) groups is 1. The van der Waals surface area contributed by atoms with Crippen LogP contribution in [-0.4, -0.2) is 17.4 Å². The molecule has 1 N–H and O–H groups in total. The van der Waals surface area contributed by atoms with E-state index in [0.29, 0.717) is 17.3 Å². The Morgan fingerprint density at radius 2 is 1.89 bits per heavy atom. The van der Waals surface area contributed by atoms with Crippen LogP contribution in [0, 0.1) is 18.8 Å². The molecular formula is C27H22N2O6. The fourth-order valence-electron chi connectivity index (χ4n) is 3.65. The molecule has 1 aliphatic rings. The van der Waals surface area contributed by atoms with Gasteiger partial charge in [-0.2, -0.15) is 9.59 Å². The van der Waals surface area contributed by atoms with Gasteiger partial charge in [-0.05, 0) is 62.3 Å². The third-order valence-corrected chi connectivity index (χ3v) is 5.59. The number of aromatic nitrogens is 1. The number of aryl methyl sites for hydroxylation is 1. The van der Waals surface area contributed by atoms with E-state index in [-0.39, 0.29) is 11.9 Å². The third-order valence-electron chi connectivity index (χ3n) is 5.59. The lowest BCUT2D eigenvalue weighted by atomic mass is 10.1. The van der Waals surface area contributed by atoms with Gasteiger partial charge in [0.2, 0.25) is 5.76 Å². The number of hydrogen-bond donors (Lipinski definition) is 1. The first-order valence-electron chi connectivity index (χ1n) is 11.0. The summed E-state index contributed by atoms with van der Waals surface area (Å²) in [6, 6.07) is 15.5. The summed E-state index contributed by atoms with van der Waals surface area (Å²) in [4.78, 5) is 28.7. The summed E-state index contributed by atoms with van der Waals surface area (Å²) >= 11 is 0. The standard InChI is InChI=1S/C26H22N2O4.CO2/c1-16-25(27-26(29)31-17(2)19-6-4-3-5-7-19)23(32-28-16)13-9-18-8-12-21-22(20-10-11-20)15-30-24(21)14-18;2-1-3/h3-8,12,14-15,17,20H,10-11H2,1-2H3,(H,27,29);. The SMILES string of the molecule is Cc1noc(C#Cc2ccc3c(C4CC4)coc3c2)c1NC(=O)OC(C)c1ccccc1.O=C=O. The summed E-state index contributed by atoms with van der Waals surface area (Å²) in [6.45, 7) is 3.55. The van der Waals surface area contributed by atoms with Crippen LogP contribution in [0.5, 0.6) is 0 Å². The molecule has 1 saturated carbocycles. The van der Waals surface area contributed by atoms with Gasteiger partial charge >= 0.3 is 12.2 Å². The number of fused-ring (bicyclic) bond motifs is 1. The van der Waals surface area contributed by atoms with Crippen molar-refractivity contribution in [3.05, 3.63) is 82.9 Å². The Hall–Kier alpha value is -4.60. The van der Waals surface area contributed by atoms with Crippen LogP contribution < -0.4 is 5.32 Å². The first-order valence-corrected chi connectivity index (χ1v) is 11.0. The molecule has 1 atom stereocenters. The van der Waals surface area contributed by atoms with Gasteiger partial charge in [-0.15, -0.1) is 0 Å². The lowest BCUT2D eigenvalue weighted by molar-refractivity contribution is -0.191. The maximum absolute atomic E-state index is 12.4. The van der Waals surface area contributed by atoms with Crippen molar-refractivity contribution in [2.45, 2.75) is 38.7 Å². The van der Waals surface area contributed by atoms with Crippen LogP contribution in [0.3, 0.4) is 0 Å². The largest absolute Gasteiger partial charge is 0.464 e. The molecular weight excluding hydrogens is 448 g/mol. The van der Waals surface area contributed by atoms with Crippen LogP contribution >= 0.6 is 0 Å². The lowest BCUT2D eigenvalue weighted by Crippen LogP contribution is -2.16. The Balaban J connectivity index is 0.000000917. The van der Waals surface area contributed by atoms with E-state index in [2.05, 4.69) is 22.3 Å². The normalized spacial score (nSPS) is 13.0. The van der Waals surface area contributed by atoms with Gasteiger partial charge in [0, 0.05) is 16.5 Å². The molecule has 4 aromatic rings. The van der Waals surface area contributed by atoms with Gasteiger partial charge in [0.05, 0.1) is 6.26 Å². The van der Waals surface area contributed by atoms with Crippen LogP contribution in [0.4, 0.5) is 10.5 Å². The summed E-state index contributed by atoms with van der Waals surface area (Å²) in [5, 5.41) is 7.79. The number of nitrogens with one attached hydrogen (secondary N) is 1. The second-order valence-corrected chi connectivity index (χ2v) is 8.06. The molecule has 2 aromatic heterocycles. The number of nitrogens with zero attached hydrogens (tertiary/aromatic N) is 1. The Bertz CT molecular complexity index is 1430. The van der Waals surface area contributed by atoms with Crippen molar-refractivity contribution in [2.24, 2.45) is 0 Å². The maximum Gasteiger partial charge on any atom is 0.412 e. The summed E-state index contributed by atoms with van der Waals surface area (Å²) in [5.74, 6) is 6.92. The van der Waals surface area contributed by atoms with E-state index in [9.17, 15) is 4.79 Å². The van der Waals surface area contributed by atoms with Crippen LogP contribution in [0.15, 0.2) is 63.7 Å². The molecule has 8 nitrogen and oxygen atoms in total. The van der Waals surface area contributed by atoms with Gasteiger partial charge in [0.25, 0.3) is 0 Å². The minimum Gasteiger partial charge on any atom is -0.464 e. The lowest BCUT2D eigenvalue weighted by Gasteiger charge is -2.13. The van der Waals surface area contributed by atoms with Gasteiger partial charge in [0.15, 0.2) is 0 Å². The number of ether oxygens (including phenoxy) is 1. The first-order chi connectivity index (χ1) is 17.0. The Morgan fingerprint density at radius 1 is 1.14 bits per heavy atom. The number of carbonyl (C=O) groups excluding carboxylic acids is 3. The zero-order chi connectivity index (χ0) is 24.8. The average Bonchev–Trinajstić information content (AvgIpc) is 3.53. The summed E-state index contributed by atoms with van der Waals surface area (Å²) in [7, 11) is 0. The third kappa shape index (κ3) is 5.67. The fraction of sp³-hybridized carbons (Fsp3) is 0.222. The molecule has 0 saturated heterocycles. The Morgan fingerprint density at radius 3 is 2.60 bits per heavy atom. The molecule has 0 aliphatic heterocycles. The fourth-order valence-corrected chi connectivity index (χ4v) is 3.65. The second-order valence-electron chi connectivity index (χ2n) is 8.06. The van der Waals surface area contributed by atoms with Gasteiger partial charge < -0.3 is 13.7 Å². The predicted octanol–water partition coefficient (Wildman–Crippen LogP) is 5.73. The van der Waals surface area contributed by atoms with Crippen LogP contribution in [0.25, 0.3) is 11.0 Å². The van der Waals surface area contributed by atoms with Crippen molar-refractivity contribution in [1.29, 1.82) is 0 Å². The summed E-state index contributed by atoms with van der Waals surface area (Å²) < 4.78 is 16.5. The van der Waals surface area contributed by atoms with Gasteiger partial charge in [-0.25, -0.2) is 4.79 Å². The highest BCUT2D eigenvalue weighted by Crippen LogP contribution is 2.43. The first kappa shape index (κ1) is 23.6. The maximum atomic E-state index is 12.4. The second kappa shape index (κ2) is 10.6. The molecule has 8 heteroatoms. The average molecular weight is 470 g/mol. The highest BCUT2D eigenvalue weighted by molar-refractivity contribution is 5.87. The molecule has 1 amide bonds. The number of anilines is 1. The van der Waals surface area contributed by atoms with Crippen LogP contribution in [0.1, 0.15) is 59.9 Å². The number of rotatable bonds is 4. The van der Waals surface area contributed by atoms with E-state index < -0.39 is 12.2 Å². The van der Waals surface area contributed by atoms with Crippen molar-refractivity contribution < 1.29 is 28.1 Å². The minimum atomic E-state index is -0.597. The van der Waals surface area contributed by atoms with E-state index in [1.165, 1.54) is 18.4 Å². The zero-order valence-corrected chi connectivity index (χ0v) is 19.2. The summed E-state index contributed by atoms with van der Waals surface area (Å²) in [6.07, 6.45) is 3.56. The number of hydrogen-bond acceptors (Lipinski definition) is 7. The van der Waals surface area contributed by atoms with Crippen LogP contribution in [-0.2, 0) is 14.3 Å². The monoisotopic (exact) mass is 470 g/mol. The number of amides is 1. The van der Waals surface area contributed by atoms with E-state index in [4.69, 9.17) is 23.3 Å². The quantitative estimate of drug-likeness (QED) is 0.379. The number of furan rings is 1. The molecule has 35 heavy (non-hydrogen) atoms. The van der Waals surface area contributed by atoms with Gasteiger partial charge in [-0.3, -0.25) is 5.32 Å². The molecule has 1 aliphatic carbocycles. The molecule has 2 aromatic carbocycles. The van der Waals surface area contributed by atoms with E-state index >= 15 is 0 Å². The minimum absolute atomic E-state index is 0.250.